The number of hydrogen-bond donors (Lipinski definition) is 0. The van der Waals surface area contributed by atoms with Gasteiger partial charge in [0.25, 0.3) is 0 Å². The molecule has 0 aromatic carbocycles. The SMILES string of the molecule is C1=C(CN2CCC3(CCOCC3)C2)CCCC1. The van der Waals surface area contributed by atoms with Crippen molar-refractivity contribution in [2.75, 3.05) is 32.8 Å². The van der Waals surface area contributed by atoms with Crippen molar-refractivity contribution in [3.63, 3.8) is 0 Å². The highest BCUT2D eigenvalue weighted by Crippen LogP contribution is 2.40. The fraction of sp³-hybridized carbons (Fsp3) is 0.867. The van der Waals surface area contributed by atoms with Gasteiger partial charge in [-0.15, -0.1) is 0 Å². The van der Waals surface area contributed by atoms with Crippen LogP contribution in [0.4, 0.5) is 0 Å². The molecule has 0 amide bonds. The minimum absolute atomic E-state index is 0.619. The van der Waals surface area contributed by atoms with Crippen molar-refractivity contribution >= 4 is 0 Å². The van der Waals surface area contributed by atoms with E-state index in [1.807, 2.05) is 0 Å². The van der Waals surface area contributed by atoms with Gasteiger partial charge in [0.1, 0.15) is 0 Å². The third-order valence-electron chi connectivity index (χ3n) is 4.88. The minimum atomic E-state index is 0.619. The number of ether oxygens (including phenoxy) is 1. The van der Waals surface area contributed by atoms with Crippen molar-refractivity contribution in [1.29, 1.82) is 0 Å². The molecule has 0 aromatic heterocycles. The molecule has 0 unspecified atom stereocenters. The zero-order chi connectivity index (χ0) is 11.6. The normalized spacial score (nSPS) is 29.5. The predicted octanol–water partition coefficient (Wildman–Crippen LogP) is 2.99. The van der Waals surface area contributed by atoms with E-state index in [1.54, 1.807) is 5.57 Å². The second-order valence-electron chi connectivity index (χ2n) is 6.18. The maximum atomic E-state index is 5.51. The van der Waals surface area contributed by atoms with Crippen molar-refractivity contribution in [2.45, 2.75) is 44.9 Å². The molecule has 2 saturated heterocycles. The van der Waals surface area contributed by atoms with Gasteiger partial charge in [-0.2, -0.15) is 0 Å². The Morgan fingerprint density at radius 1 is 1.18 bits per heavy atom. The first-order valence-electron chi connectivity index (χ1n) is 7.34. The van der Waals surface area contributed by atoms with Crippen LogP contribution in [-0.2, 0) is 4.74 Å². The van der Waals surface area contributed by atoms with Crippen molar-refractivity contribution in [1.82, 2.24) is 4.90 Å². The van der Waals surface area contributed by atoms with Gasteiger partial charge < -0.3 is 4.74 Å². The molecule has 0 aromatic rings. The molecule has 0 bridgehead atoms. The highest BCUT2D eigenvalue weighted by molar-refractivity contribution is 5.08. The molecule has 17 heavy (non-hydrogen) atoms. The first kappa shape index (κ1) is 11.7. The van der Waals surface area contributed by atoms with Gasteiger partial charge >= 0.3 is 0 Å². The van der Waals surface area contributed by atoms with Crippen molar-refractivity contribution in [3.8, 4) is 0 Å². The Morgan fingerprint density at radius 3 is 2.82 bits per heavy atom. The molecule has 0 radical (unpaired) electrons. The lowest BCUT2D eigenvalue weighted by Crippen LogP contribution is -2.33. The van der Waals surface area contributed by atoms with E-state index in [-0.39, 0.29) is 0 Å². The van der Waals surface area contributed by atoms with E-state index in [2.05, 4.69) is 11.0 Å². The average Bonchev–Trinajstić information content (AvgIpc) is 2.74. The number of nitrogens with zero attached hydrogens (tertiary/aromatic N) is 1. The Kier molecular flexibility index (Phi) is 3.53. The van der Waals surface area contributed by atoms with Crippen LogP contribution in [0.3, 0.4) is 0 Å². The minimum Gasteiger partial charge on any atom is -0.381 e. The van der Waals surface area contributed by atoms with E-state index in [1.165, 1.54) is 64.6 Å². The van der Waals surface area contributed by atoms with Gasteiger partial charge in [0.15, 0.2) is 0 Å². The second kappa shape index (κ2) is 5.11. The summed E-state index contributed by atoms with van der Waals surface area (Å²) in [7, 11) is 0. The number of likely N-dealkylation sites (tertiary alicyclic amines) is 1. The summed E-state index contributed by atoms with van der Waals surface area (Å²) in [6, 6.07) is 0. The van der Waals surface area contributed by atoms with Gasteiger partial charge in [-0.1, -0.05) is 11.6 Å². The summed E-state index contributed by atoms with van der Waals surface area (Å²) in [5.74, 6) is 0. The van der Waals surface area contributed by atoms with Gasteiger partial charge in [-0.25, -0.2) is 0 Å². The van der Waals surface area contributed by atoms with Gasteiger partial charge in [0.05, 0.1) is 0 Å². The largest absolute Gasteiger partial charge is 0.381 e. The molecule has 2 nitrogen and oxygen atoms in total. The molecular weight excluding hydrogens is 210 g/mol. The molecule has 0 atom stereocenters. The van der Waals surface area contributed by atoms with E-state index in [9.17, 15) is 0 Å². The van der Waals surface area contributed by atoms with E-state index in [0.717, 1.165) is 13.2 Å². The third kappa shape index (κ3) is 2.74. The Hall–Kier alpha value is -0.340. The van der Waals surface area contributed by atoms with Gasteiger partial charge in [-0.05, 0) is 56.9 Å². The number of hydrogen-bond acceptors (Lipinski definition) is 2. The second-order valence-corrected chi connectivity index (χ2v) is 6.18. The maximum absolute atomic E-state index is 5.51. The summed E-state index contributed by atoms with van der Waals surface area (Å²) in [6.45, 7) is 5.89. The highest BCUT2D eigenvalue weighted by Gasteiger charge is 2.39. The lowest BCUT2D eigenvalue weighted by atomic mass is 9.80. The summed E-state index contributed by atoms with van der Waals surface area (Å²) >= 11 is 0. The summed E-state index contributed by atoms with van der Waals surface area (Å²) in [5, 5.41) is 0. The van der Waals surface area contributed by atoms with Crippen molar-refractivity contribution in [3.05, 3.63) is 11.6 Å². The lowest BCUT2D eigenvalue weighted by Gasteiger charge is -2.33. The summed E-state index contributed by atoms with van der Waals surface area (Å²) in [4.78, 5) is 2.70. The van der Waals surface area contributed by atoms with E-state index >= 15 is 0 Å². The number of rotatable bonds is 2. The molecule has 3 aliphatic rings. The lowest BCUT2D eigenvalue weighted by molar-refractivity contribution is 0.0198. The van der Waals surface area contributed by atoms with Crippen molar-refractivity contribution < 1.29 is 4.74 Å². The Labute approximate surface area is 105 Å². The Balaban J connectivity index is 1.54. The average molecular weight is 235 g/mol. The van der Waals surface area contributed by atoms with Crippen LogP contribution in [0.1, 0.15) is 44.9 Å². The van der Waals surface area contributed by atoms with Crippen LogP contribution < -0.4 is 0 Å². The standard InChI is InChI=1S/C15H25NO/c1-2-4-14(5-3-1)12-16-9-6-15(13-16)7-10-17-11-8-15/h4H,1-3,5-13H2. The Bertz CT molecular complexity index is 291. The molecule has 2 fully saturated rings. The number of allylic oxidation sites excluding steroid dienone is 1. The summed E-state index contributed by atoms with van der Waals surface area (Å²) < 4.78 is 5.51. The quantitative estimate of drug-likeness (QED) is 0.682. The van der Waals surface area contributed by atoms with E-state index in [0.29, 0.717) is 5.41 Å². The van der Waals surface area contributed by atoms with Crippen LogP contribution in [0.2, 0.25) is 0 Å². The molecule has 96 valence electrons. The first-order chi connectivity index (χ1) is 8.36. The van der Waals surface area contributed by atoms with Crippen LogP contribution in [0.25, 0.3) is 0 Å². The fourth-order valence-electron chi connectivity index (χ4n) is 3.71. The molecule has 0 N–H and O–H groups in total. The van der Waals surface area contributed by atoms with E-state index < -0.39 is 0 Å². The van der Waals surface area contributed by atoms with Crippen LogP contribution >= 0.6 is 0 Å². The smallest absolute Gasteiger partial charge is 0.0471 e. The van der Waals surface area contributed by atoms with Gasteiger partial charge in [-0.3, -0.25) is 4.90 Å². The van der Waals surface area contributed by atoms with Crippen LogP contribution in [0.15, 0.2) is 11.6 Å². The van der Waals surface area contributed by atoms with Crippen LogP contribution in [-0.4, -0.2) is 37.7 Å². The molecule has 2 heteroatoms. The monoisotopic (exact) mass is 235 g/mol. The molecular formula is C15H25NO. The fourth-order valence-corrected chi connectivity index (χ4v) is 3.71. The zero-order valence-corrected chi connectivity index (χ0v) is 10.9. The topological polar surface area (TPSA) is 12.5 Å². The van der Waals surface area contributed by atoms with E-state index in [4.69, 9.17) is 4.74 Å². The zero-order valence-electron chi connectivity index (χ0n) is 10.9. The molecule has 0 saturated carbocycles. The summed E-state index contributed by atoms with van der Waals surface area (Å²) in [5.41, 5.74) is 2.33. The highest BCUT2D eigenvalue weighted by atomic mass is 16.5. The third-order valence-corrected chi connectivity index (χ3v) is 4.88. The molecule has 1 aliphatic carbocycles. The summed E-state index contributed by atoms with van der Waals surface area (Å²) in [6.07, 6.45) is 12.0. The van der Waals surface area contributed by atoms with Gasteiger partial charge in [0.2, 0.25) is 0 Å². The van der Waals surface area contributed by atoms with Gasteiger partial charge in [0, 0.05) is 26.3 Å². The Morgan fingerprint density at radius 2 is 2.06 bits per heavy atom. The molecule has 1 spiro atoms. The first-order valence-corrected chi connectivity index (χ1v) is 7.34. The van der Waals surface area contributed by atoms with Crippen LogP contribution in [0.5, 0.6) is 0 Å². The predicted molar refractivity (Wildman–Crippen MR) is 70.1 cm³/mol. The molecule has 2 heterocycles. The molecule has 2 aliphatic heterocycles. The van der Waals surface area contributed by atoms with Crippen LogP contribution in [0, 0.1) is 5.41 Å². The molecule has 3 rings (SSSR count). The van der Waals surface area contributed by atoms with Crippen molar-refractivity contribution in [2.24, 2.45) is 5.41 Å². The maximum Gasteiger partial charge on any atom is 0.0471 e.